The fourth-order valence-electron chi connectivity index (χ4n) is 2.52. The van der Waals surface area contributed by atoms with E-state index in [2.05, 4.69) is 23.5 Å². The molecule has 0 aliphatic heterocycles. The Labute approximate surface area is 156 Å². The molecule has 4 nitrogen and oxygen atoms in total. The molecule has 0 heterocycles. The second kappa shape index (κ2) is 12.6. The maximum atomic E-state index is 8.80. The number of hydrogen-bond donors (Lipinski definition) is 2. The number of para-hydroxylation sites is 1. The summed E-state index contributed by atoms with van der Waals surface area (Å²) in [6.45, 7) is 2.45. The second-order valence-corrected chi connectivity index (χ2v) is 5.68. The lowest BCUT2D eigenvalue weighted by Crippen LogP contribution is -2.16. The van der Waals surface area contributed by atoms with Crippen LogP contribution in [-0.2, 0) is 13.2 Å². The average Bonchev–Trinajstić information content (AvgIpc) is 2.64. The van der Waals surface area contributed by atoms with Gasteiger partial charge in [0.05, 0.1) is 7.11 Å². The lowest BCUT2D eigenvalue weighted by atomic mass is 10.1. The van der Waals surface area contributed by atoms with E-state index < -0.39 is 0 Å². The first-order chi connectivity index (χ1) is 11.8. The molecule has 0 saturated heterocycles. The number of nitrogens with one attached hydrogen (secondary N) is 1. The molecule has 0 unspecified atom stereocenters. The van der Waals surface area contributed by atoms with Crippen molar-refractivity contribution in [2.75, 3.05) is 20.3 Å². The molecule has 0 atom stereocenters. The highest BCUT2D eigenvalue weighted by Crippen LogP contribution is 2.31. The molecule has 2 aromatic rings. The fourth-order valence-corrected chi connectivity index (χ4v) is 2.52. The number of unbranched alkanes of at least 4 members (excludes halogenated alkanes) is 2. The summed E-state index contributed by atoms with van der Waals surface area (Å²) in [4.78, 5) is 0. The number of hydrogen-bond acceptors (Lipinski definition) is 4. The topological polar surface area (TPSA) is 50.7 Å². The van der Waals surface area contributed by atoms with Gasteiger partial charge >= 0.3 is 0 Å². The quantitative estimate of drug-likeness (QED) is 0.592. The van der Waals surface area contributed by atoms with Crippen molar-refractivity contribution in [1.29, 1.82) is 0 Å². The molecule has 0 aliphatic carbocycles. The van der Waals surface area contributed by atoms with E-state index in [1.54, 1.807) is 7.11 Å². The van der Waals surface area contributed by atoms with Crippen molar-refractivity contribution in [1.82, 2.24) is 5.32 Å². The lowest BCUT2D eigenvalue weighted by Gasteiger charge is -2.15. The highest BCUT2D eigenvalue weighted by atomic mass is 35.5. The van der Waals surface area contributed by atoms with E-state index in [4.69, 9.17) is 14.6 Å². The Kier molecular flexibility index (Phi) is 10.7. The van der Waals surface area contributed by atoms with Crippen LogP contribution in [0.5, 0.6) is 11.5 Å². The van der Waals surface area contributed by atoms with E-state index >= 15 is 0 Å². The van der Waals surface area contributed by atoms with E-state index in [1.165, 1.54) is 0 Å². The SMILES string of the molecule is COc1cccc(CNCCCCCO)c1OCc1ccccc1.Cl. The second-order valence-electron chi connectivity index (χ2n) is 5.68. The number of aliphatic hydroxyl groups excluding tert-OH is 1. The standard InChI is InChI=1S/C20H27NO3.ClH/c1-23-19-12-8-11-18(15-21-13-6-3-7-14-22)20(19)24-16-17-9-4-2-5-10-17;/h2,4-5,8-12,21-22H,3,6-7,13-16H2,1H3;1H. The normalized spacial score (nSPS) is 10.2. The third kappa shape index (κ3) is 7.34. The van der Waals surface area contributed by atoms with Crippen molar-refractivity contribution < 1.29 is 14.6 Å². The minimum absolute atomic E-state index is 0. The number of rotatable bonds is 11. The van der Waals surface area contributed by atoms with E-state index in [0.717, 1.165) is 55.0 Å². The van der Waals surface area contributed by atoms with Crippen LogP contribution in [0.15, 0.2) is 48.5 Å². The highest BCUT2D eigenvalue weighted by Gasteiger charge is 2.10. The molecular weight excluding hydrogens is 338 g/mol. The average molecular weight is 366 g/mol. The number of benzene rings is 2. The van der Waals surface area contributed by atoms with E-state index in [0.29, 0.717) is 6.61 Å². The Bertz CT molecular complexity index is 593. The number of methoxy groups -OCH3 is 1. The van der Waals surface area contributed by atoms with E-state index in [-0.39, 0.29) is 19.0 Å². The number of aliphatic hydroxyl groups is 1. The summed E-state index contributed by atoms with van der Waals surface area (Å²) in [6.07, 6.45) is 2.97. The molecule has 25 heavy (non-hydrogen) atoms. The Hall–Kier alpha value is -1.75. The van der Waals surface area contributed by atoms with E-state index in [1.807, 2.05) is 30.3 Å². The van der Waals surface area contributed by atoms with Gasteiger partial charge in [-0.2, -0.15) is 0 Å². The van der Waals surface area contributed by atoms with Crippen molar-refractivity contribution in [2.24, 2.45) is 0 Å². The van der Waals surface area contributed by atoms with Crippen molar-refractivity contribution in [3.05, 3.63) is 59.7 Å². The zero-order valence-electron chi connectivity index (χ0n) is 14.7. The Balaban J connectivity index is 0.00000312. The summed E-state index contributed by atoms with van der Waals surface area (Å²) in [5.74, 6) is 1.55. The van der Waals surface area contributed by atoms with Gasteiger partial charge in [0.1, 0.15) is 6.61 Å². The summed E-state index contributed by atoms with van der Waals surface area (Å²) in [7, 11) is 1.66. The van der Waals surface area contributed by atoms with Gasteiger partial charge < -0.3 is 19.9 Å². The zero-order chi connectivity index (χ0) is 17.0. The summed E-state index contributed by atoms with van der Waals surface area (Å²) in [5.41, 5.74) is 2.22. The van der Waals surface area contributed by atoms with Gasteiger partial charge in [0, 0.05) is 18.7 Å². The third-order valence-corrected chi connectivity index (χ3v) is 3.83. The number of halogens is 1. The highest BCUT2D eigenvalue weighted by molar-refractivity contribution is 5.85. The van der Waals surface area contributed by atoms with Gasteiger partial charge in [-0.25, -0.2) is 0 Å². The Morgan fingerprint density at radius 3 is 2.48 bits per heavy atom. The van der Waals surface area contributed by atoms with Crippen LogP contribution in [0.2, 0.25) is 0 Å². The maximum absolute atomic E-state index is 8.80. The fraction of sp³-hybridized carbons (Fsp3) is 0.400. The van der Waals surface area contributed by atoms with Crippen molar-refractivity contribution >= 4 is 12.4 Å². The molecule has 2 aromatic carbocycles. The van der Waals surface area contributed by atoms with Crippen LogP contribution in [0.25, 0.3) is 0 Å². The van der Waals surface area contributed by atoms with Gasteiger partial charge in [-0.1, -0.05) is 42.5 Å². The summed E-state index contributed by atoms with van der Waals surface area (Å²) in [5, 5.41) is 12.2. The molecule has 2 N–H and O–H groups in total. The van der Waals surface area contributed by atoms with Crippen molar-refractivity contribution in [2.45, 2.75) is 32.4 Å². The first-order valence-corrected chi connectivity index (χ1v) is 8.49. The van der Waals surface area contributed by atoms with Crippen LogP contribution < -0.4 is 14.8 Å². The first kappa shape index (κ1) is 21.3. The predicted octanol–water partition coefficient (Wildman–Crippen LogP) is 3.95. The van der Waals surface area contributed by atoms with Crippen LogP contribution in [-0.4, -0.2) is 25.4 Å². The van der Waals surface area contributed by atoms with Gasteiger partial charge in [0.15, 0.2) is 11.5 Å². The van der Waals surface area contributed by atoms with Gasteiger partial charge in [-0.3, -0.25) is 0 Å². The monoisotopic (exact) mass is 365 g/mol. The third-order valence-electron chi connectivity index (χ3n) is 3.83. The van der Waals surface area contributed by atoms with Crippen LogP contribution in [0.1, 0.15) is 30.4 Å². The molecule has 5 heteroatoms. The molecule has 0 radical (unpaired) electrons. The van der Waals surface area contributed by atoms with Gasteiger partial charge in [-0.05, 0) is 37.4 Å². The summed E-state index contributed by atoms with van der Waals surface area (Å²) >= 11 is 0. The minimum Gasteiger partial charge on any atom is -0.493 e. The zero-order valence-corrected chi connectivity index (χ0v) is 15.6. The van der Waals surface area contributed by atoms with E-state index in [9.17, 15) is 0 Å². The molecule has 2 rings (SSSR count). The summed E-state index contributed by atoms with van der Waals surface area (Å²) in [6, 6.07) is 16.1. The predicted molar refractivity (Wildman–Crippen MR) is 104 cm³/mol. The van der Waals surface area contributed by atoms with Crippen LogP contribution >= 0.6 is 12.4 Å². The van der Waals surface area contributed by atoms with Gasteiger partial charge in [0.2, 0.25) is 0 Å². The van der Waals surface area contributed by atoms with Crippen LogP contribution in [0, 0.1) is 0 Å². The number of ether oxygens (including phenoxy) is 2. The smallest absolute Gasteiger partial charge is 0.166 e. The van der Waals surface area contributed by atoms with Crippen molar-refractivity contribution in [3.8, 4) is 11.5 Å². The van der Waals surface area contributed by atoms with Crippen molar-refractivity contribution in [3.63, 3.8) is 0 Å². The van der Waals surface area contributed by atoms with Gasteiger partial charge in [-0.15, -0.1) is 12.4 Å². The van der Waals surface area contributed by atoms with Crippen LogP contribution in [0.4, 0.5) is 0 Å². The molecule has 0 spiro atoms. The molecule has 0 aliphatic rings. The molecule has 0 fully saturated rings. The summed E-state index contributed by atoms with van der Waals surface area (Å²) < 4.78 is 11.5. The minimum atomic E-state index is 0. The van der Waals surface area contributed by atoms with Gasteiger partial charge in [0.25, 0.3) is 0 Å². The Morgan fingerprint density at radius 2 is 1.76 bits per heavy atom. The lowest BCUT2D eigenvalue weighted by molar-refractivity contribution is 0.279. The molecule has 0 amide bonds. The molecule has 0 bridgehead atoms. The Morgan fingerprint density at radius 1 is 0.960 bits per heavy atom. The first-order valence-electron chi connectivity index (χ1n) is 8.49. The maximum Gasteiger partial charge on any atom is 0.166 e. The van der Waals surface area contributed by atoms with Crippen LogP contribution in [0.3, 0.4) is 0 Å². The molecule has 0 aromatic heterocycles. The molecule has 0 saturated carbocycles. The molecule has 138 valence electrons. The molecular formula is C20H28ClNO3. The largest absolute Gasteiger partial charge is 0.493 e.